The molecule has 0 spiro atoms. The number of ether oxygens (including phenoxy) is 1. The third kappa shape index (κ3) is 4.87. The van der Waals surface area contributed by atoms with E-state index in [1.54, 1.807) is 12.7 Å². The summed E-state index contributed by atoms with van der Waals surface area (Å²) in [7, 11) is 3.83. The molecule has 0 aromatic carbocycles. The van der Waals surface area contributed by atoms with E-state index < -0.39 is 0 Å². The van der Waals surface area contributed by atoms with Gasteiger partial charge in [-0.25, -0.2) is 0 Å². The van der Waals surface area contributed by atoms with Crippen molar-refractivity contribution in [1.29, 1.82) is 0 Å². The zero-order chi connectivity index (χ0) is 15.0. The van der Waals surface area contributed by atoms with Gasteiger partial charge in [-0.3, -0.25) is 0 Å². The Labute approximate surface area is 125 Å². The highest BCUT2D eigenvalue weighted by Gasteiger charge is 2.34. The molecule has 0 amide bonds. The van der Waals surface area contributed by atoms with E-state index >= 15 is 0 Å². The van der Waals surface area contributed by atoms with Crippen LogP contribution in [0.15, 0.2) is 11.6 Å². The molecule has 3 atom stereocenters. The van der Waals surface area contributed by atoms with Gasteiger partial charge in [0.25, 0.3) is 0 Å². The Bertz CT molecular complexity index is 295. The average Bonchev–Trinajstić information content (AvgIpc) is 2.43. The van der Waals surface area contributed by atoms with Crippen LogP contribution < -0.4 is 11.1 Å². The van der Waals surface area contributed by atoms with E-state index in [2.05, 4.69) is 25.2 Å². The summed E-state index contributed by atoms with van der Waals surface area (Å²) in [6.07, 6.45) is 8.41. The van der Waals surface area contributed by atoms with E-state index in [1.807, 2.05) is 7.05 Å². The Balaban J connectivity index is 2.69. The van der Waals surface area contributed by atoms with Crippen molar-refractivity contribution >= 4 is 0 Å². The van der Waals surface area contributed by atoms with Crippen LogP contribution in [0.1, 0.15) is 46.0 Å². The largest absolute Gasteiger partial charge is 0.385 e. The maximum absolute atomic E-state index is 5.79. The van der Waals surface area contributed by atoms with Crippen LogP contribution in [0, 0.1) is 17.3 Å². The molecule has 20 heavy (non-hydrogen) atoms. The molecule has 3 nitrogen and oxygen atoms in total. The summed E-state index contributed by atoms with van der Waals surface area (Å²) >= 11 is 0. The molecule has 3 heteroatoms. The highest BCUT2D eigenvalue weighted by Crippen LogP contribution is 2.44. The third-order valence-electron chi connectivity index (χ3n) is 5.22. The van der Waals surface area contributed by atoms with Gasteiger partial charge in [-0.05, 0) is 69.5 Å². The van der Waals surface area contributed by atoms with E-state index in [4.69, 9.17) is 10.5 Å². The molecule has 0 fully saturated rings. The van der Waals surface area contributed by atoms with Gasteiger partial charge in [0, 0.05) is 13.7 Å². The minimum atomic E-state index is 0.396. The molecule has 0 radical (unpaired) electrons. The van der Waals surface area contributed by atoms with Gasteiger partial charge in [-0.1, -0.05) is 25.5 Å². The summed E-state index contributed by atoms with van der Waals surface area (Å²) in [6, 6.07) is 0. The van der Waals surface area contributed by atoms with Gasteiger partial charge in [0.05, 0.1) is 0 Å². The molecule has 0 aliphatic heterocycles. The van der Waals surface area contributed by atoms with Crippen LogP contribution >= 0.6 is 0 Å². The standard InChI is InChI=1S/C17H34N2O/c1-14-13-16(5-8-17(14,2)9-10-18)15(6-11-19-3)7-12-20-4/h5,14-15,19H,6-13,18H2,1-4H3. The maximum Gasteiger partial charge on any atom is 0.0467 e. The van der Waals surface area contributed by atoms with Gasteiger partial charge in [-0.15, -0.1) is 0 Å². The van der Waals surface area contributed by atoms with Gasteiger partial charge >= 0.3 is 0 Å². The smallest absolute Gasteiger partial charge is 0.0467 e. The number of allylic oxidation sites excluding steroid dienone is 2. The van der Waals surface area contributed by atoms with Gasteiger partial charge in [-0.2, -0.15) is 0 Å². The summed E-state index contributed by atoms with van der Waals surface area (Å²) in [4.78, 5) is 0. The molecule has 0 heterocycles. The highest BCUT2D eigenvalue weighted by atomic mass is 16.5. The van der Waals surface area contributed by atoms with Crippen molar-refractivity contribution in [1.82, 2.24) is 5.32 Å². The van der Waals surface area contributed by atoms with E-state index in [9.17, 15) is 0 Å². The van der Waals surface area contributed by atoms with Gasteiger partial charge < -0.3 is 15.8 Å². The summed E-state index contributed by atoms with van der Waals surface area (Å²) in [5, 5.41) is 3.28. The monoisotopic (exact) mass is 282 g/mol. The van der Waals surface area contributed by atoms with E-state index in [0.29, 0.717) is 11.3 Å². The van der Waals surface area contributed by atoms with E-state index in [-0.39, 0.29) is 0 Å². The average molecular weight is 282 g/mol. The minimum absolute atomic E-state index is 0.396. The number of nitrogens with one attached hydrogen (secondary N) is 1. The van der Waals surface area contributed by atoms with Crippen molar-refractivity contribution in [2.24, 2.45) is 23.0 Å². The van der Waals surface area contributed by atoms with Crippen molar-refractivity contribution in [2.75, 3.05) is 33.9 Å². The predicted molar refractivity (Wildman–Crippen MR) is 86.8 cm³/mol. The molecule has 0 saturated carbocycles. The first-order valence-corrected chi connectivity index (χ1v) is 8.10. The second kappa shape index (κ2) is 8.81. The fourth-order valence-electron chi connectivity index (χ4n) is 3.35. The van der Waals surface area contributed by atoms with Crippen molar-refractivity contribution in [3.05, 3.63) is 11.6 Å². The summed E-state index contributed by atoms with van der Waals surface area (Å²) in [5.41, 5.74) is 7.84. The van der Waals surface area contributed by atoms with Crippen LogP contribution in [0.2, 0.25) is 0 Å². The quantitative estimate of drug-likeness (QED) is 0.639. The lowest BCUT2D eigenvalue weighted by Crippen LogP contribution is -2.32. The highest BCUT2D eigenvalue weighted by molar-refractivity contribution is 5.14. The molecule has 0 saturated heterocycles. The second-order valence-electron chi connectivity index (χ2n) is 6.65. The molecule has 1 aliphatic rings. The molecule has 118 valence electrons. The van der Waals surface area contributed by atoms with Crippen molar-refractivity contribution < 1.29 is 4.74 Å². The van der Waals surface area contributed by atoms with Gasteiger partial charge in [0.2, 0.25) is 0 Å². The van der Waals surface area contributed by atoms with Crippen LogP contribution in [0.5, 0.6) is 0 Å². The van der Waals surface area contributed by atoms with Crippen molar-refractivity contribution in [3.8, 4) is 0 Å². The maximum atomic E-state index is 5.79. The summed E-state index contributed by atoms with van der Waals surface area (Å²) in [5.74, 6) is 1.40. The van der Waals surface area contributed by atoms with E-state index in [1.165, 1.54) is 19.3 Å². The lowest BCUT2D eigenvalue weighted by Gasteiger charge is -2.40. The van der Waals surface area contributed by atoms with Crippen LogP contribution in [0.3, 0.4) is 0 Å². The molecule has 0 aromatic heterocycles. The molecule has 1 rings (SSSR count). The molecule has 0 aromatic rings. The molecule has 1 aliphatic carbocycles. The van der Waals surface area contributed by atoms with Crippen molar-refractivity contribution in [3.63, 3.8) is 0 Å². The number of nitrogens with two attached hydrogens (primary N) is 1. The molecule has 3 N–H and O–H groups in total. The molecule has 3 unspecified atom stereocenters. The van der Waals surface area contributed by atoms with Crippen LogP contribution in [0.25, 0.3) is 0 Å². The first kappa shape index (κ1) is 17.7. The zero-order valence-electron chi connectivity index (χ0n) is 13.9. The lowest BCUT2D eigenvalue weighted by molar-refractivity contribution is 0.158. The van der Waals surface area contributed by atoms with Crippen LogP contribution in [0.4, 0.5) is 0 Å². The van der Waals surface area contributed by atoms with Crippen LogP contribution in [-0.2, 0) is 4.74 Å². The Morgan fingerprint density at radius 3 is 2.80 bits per heavy atom. The predicted octanol–water partition coefficient (Wildman–Crippen LogP) is 2.96. The van der Waals surface area contributed by atoms with Gasteiger partial charge in [0.1, 0.15) is 0 Å². The fraction of sp³-hybridized carbons (Fsp3) is 0.882. The summed E-state index contributed by atoms with van der Waals surface area (Å²) < 4.78 is 5.29. The number of hydrogen-bond acceptors (Lipinski definition) is 3. The lowest BCUT2D eigenvalue weighted by atomic mass is 9.65. The van der Waals surface area contributed by atoms with Crippen molar-refractivity contribution in [2.45, 2.75) is 46.0 Å². The fourth-order valence-corrected chi connectivity index (χ4v) is 3.35. The Morgan fingerprint density at radius 2 is 2.25 bits per heavy atom. The first-order chi connectivity index (χ1) is 9.57. The zero-order valence-corrected chi connectivity index (χ0v) is 13.9. The molecule has 0 bridgehead atoms. The normalized spacial score (nSPS) is 28.2. The Morgan fingerprint density at radius 1 is 1.50 bits per heavy atom. The second-order valence-corrected chi connectivity index (χ2v) is 6.65. The van der Waals surface area contributed by atoms with Crippen LogP contribution in [-0.4, -0.2) is 33.9 Å². The number of rotatable bonds is 9. The third-order valence-corrected chi connectivity index (χ3v) is 5.22. The minimum Gasteiger partial charge on any atom is -0.385 e. The molecular weight excluding hydrogens is 248 g/mol. The topological polar surface area (TPSA) is 47.3 Å². The van der Waals surface area contributed by atoms with Gasteiger partial charge in [0.15, 0.2) is 0 Å². The van der Waals surface area contributed by atoms with E-state index in [0.717, 1.165) is 38.5 Å². The number of methoxy groups -OCH3 is 1. The summed E-state index contributed by atoms with van der Waals surface area (Å²) in [6.45, 7) is 7.54. The molecular formula is C17H34N2O. The first-order valence-electron chi connectivity index (χ1n) is 8.10. The SMILES string of the molecule is CNCCC(CCOC)C1=CCC(C)(CCN)C(C)C1. The Kier molecular flexibility index (Phi) is 7.78. The Hall–Kier alpha value is -0.380. The number of hydrogen-bond donors (Lipinski definition) is 2.